The Morgan fingerprint density at radius 3 is 2.65 bits per heavy atom. The first-order valence-corrected chi connectivity index (χ1v) is 8.54. The summed E-state index contributed by atoms with van der Waals surface area (Å²) in [5.41, 5.74) is 1.05. The number of carbonyl (C=O) groups is 1. The van der Waals surface area contributed by atoms with Crippen LogP contribution in [0.3, 0.4) is 0 Å². The fourth-order valence-electron chi connectivity index (χ4n) is 2.96. The molecule has 1 fully saturated rings. The Balaban J connectivity index is 1.86. The van der Waals surface area contributed by atoms with Gasteiger partial charge in [-0.1, -0.05) is 11.6 Å². The number of nitrogens with zero attached hydrogens (tertiary/aromatic N) is 1. The Kier molecular flexibility index (Phi) is 4.69. The molecule has 0 radical (unpaired) electrons. The summed E-state index contributed by atoms with van der Waals surface area (Å²) in [5.74, 6) is -3.26. The van der Waals surface area contributed by atoms with Crippen LogP contribution in [0.2, 0.25) is 5.02 Å². The fraction of sp³-hybridized carbons (Fsp3) is 0.444. The highest BCUT2D eigenvalue weighted by Crippen LogP contribution is 2.33. The summed E-state index contributed by atoms with van der Waals surface area (Å²) in [4.78, 5) is 25.2. The Morgan fingerprint density at radius 2 is 2.04 bits per heavy atom. The Bertz CT molecular complexity index is 941. The van der Waals surface area contributed by atoms with Crippen LogP contribution in [0.5, 0.6) is 5.75 Å². The number of halogens is 3. The number of hydrogen-bond acceptors (Lipinski definition) is 4. The van der Waals surface area contributed by atoms with Crippen molar-refractivity contribution in [2.45, 2.75) is 39.2 Å². The number of likely N-dealkylation sites (tertiary alicyclic amines) is 1. The van der Waals surface area contributed by atoms with E-state index in [1.165, 1.54) is 13.0 Å². The Labute approximate surface area is 153 Å². The van der Waals surface area contributed by atoms with Crippen molar-refractivity contribution in [1.29, 1.82) is 0 Å². The molecule has 1 saturated heterocycles. The number of carbonyl (C=O) groups excluding carboxylic acids is 1. The van der Waals surface area contributed by atoms with Gasteiger partial charge >= 0.3 is 5.63 Å². The first kappa shape index (κ1) is 18.6. The first-order chi connectivity index (χ1) is 12.1. The van der Waals surface area contributed by atoms with Crippen LogP contribution in [-0.4, -0.2) is 35.9 Å². The lowest BCUT2D eigenvalue weighted by Gasteiger charge is -2.22. The van der Waals surface area contributed by atoms with E-state index in [1.807, 2.05) is 0 Å². The molecule has 5 nitrogen and oxygen atoms in total. The van der Waals surface area contributed by atoms with Gasteiger partial charge in [-0.3, -0.25) is 4.79 Å². The first-order valence-electron chi connectivity index (χ1n) is 8.16. The van der Waals surface area contributed by atoms with Gasteiger partial charge in [-0.25, -0.2) is 13.6 Å². The normalized spacial score (nSPS) is 17.5. The maximum Gasteiger partial charge on any atom is 0.339 e. The summed E-state index contributed by atoms with van der Waals surface area (Å²) < 4.78 is 37.4. The van der Waals surface area contributed by atoms with Crippen molar-refractivity contribution in [3.63, 3.8) is 0 Å². The van der Waals surface area contributed by atoms with Crippen molar-refractivity contribution in [3.8, 4) is 5.75 Å². The van der Waals surface area contributed by atoms with E-state index in [9.17, 15) is 18.4 Å². The molecule has 2 aromatic rings. The van der Waals surface area contributed by atoms with E-state index < -0.39 is 30.1 Å². The van der Waals surface area contributed by atoms with Gasteiger partial charge in [0.2, 0.25) is 0 Å². The zero-order chi connectivity index (χ0) is 19.2. The van der Waals surface area contributed by atoms with E-state index in [1.54, 1.807) is 19.9 Å². The molecule has 1 atom stereocenters. The summed E-state index contributed by atoms with van der Waals surface area (Å²) in [6, 6.07) is 3.03. The molecule has 0 saturated carbocycles. The molecule has 0 aliphatic carbocycles. The number of ether oxygens (including phenoxy) is 1. The summed E-state index contributed by atoms with van der Waals surface area (Å²) >= 11 is 6.23. The molecule has 1 aromatic heterocycles. The standard InChI is InChI=1S/C18H18ClF2NO4/c1-9-10(2)17(24)26-14-7-15(13(19)6-12(9)14)25-11(3)16(23)22-5-4-18(20,21)8-22/h6-7,11H,4-5,8H2,1-3H3. The molecule has 3 rings (SSSR count). The minimum absolute atomic E-state index is 0.0155. The Hall–Kier alpha value is -2.15. The number of fused-ring (bicyclic) bond motifs is 1. The fourth-order valence-corrected chi connectivity index (χ4v) is 3.16. The van der Waals surface area contributed by atoms with E-state index in [0.717, 1.165) is 10.5 Å². The second kappa shape index (κ2) is 6.54. The molecule has 0 N–H and O–H groups in total. The van der Waals surface area contributed by atoms with Crippen LogP contribution < -0.4 is 10.4 Å². The summed E-state index contributed by atoms with van der Waals surface area (Å²) in [6.07, 6.45) is -1.36. The molecule has 0 spiro atoms. The van der Waals surface area contributed by atoms with Crippen molar-refractivity contribution in [2.24, 2.45) is 0 Å². The third-order valence-electron chi connectivity index (χ3n) is 4.64. The maximum atomic E-state index is 13.3. The molecule has 0 bridgehead atoms. The monoisotopic (exact) mass is 385 g/mol. The molecule has 1 unspecified atom stereocenters. The van der Waals surface area contributed by atoms with Crippen LogP contribution in [0.15, 0.2) is 21.3 Å². The highest BCUT2D eigenvalue weighted by Gasteiger charge is 2.41. The van der Waals surface area contributed by atoms with Gasteiger partial charge in [-0.15, -0.1) is 0 Å². The van der Waals surface area contributed by atoms with Crippen molar-refractivity contribution in [2.75, 3.05) is 13.1 Å². The minimum Gasteiger partial charge on any atom is -0.479 e. The predicted octanol–water partition coefficient (Wildman–Crippen LogP) is 3.70. The van der Waals surface area contributed by atoms with Crippen molar-refractivity contribution < 1.29 is 22.7 Å². The smallest absolute Gasteiger partial charge is 0.339 e. The average Bonchev–Trinajstić information content (AvgIpc) is 2.94. The molecule has 1 aromatic carbocycles. The van der Waals surface area contributed by atoms with E-state index in [4.69, 9.17) is 20.8 Å². The minimum atomic E-state index is -2.87. The largest absolute Gasteiger partial charge is 0.479 e. The van der Waals surface area contributed by atoms with Crippen molar-refractivity contribution in [3.05, 3.63) is 38.7 Å². The molecule has 2 heterocycles. The number of benzene rings is 1. The summed E-state index contributed by atoms with van der Waals surface area (Å²) in [5, 5.41) is 0.901. The van der Waals surface area contributed by atoms with Gasteiger partial charge in [0.15, 0.2) is 6.10 Å². The van der Waals surface area contributed by atoms with E-state index in [2.05, 4.69) is 0 Å². The zero-order valence-corrected chi connectivity index (χ0v) is 15.3. The lowest BCUT2D eigenvalue weighted by atomic mass is 10.1. The third-order valence-corrected chi connectivity index (χ3v) is 4.94. The molecule has 140 valence electrons. The van der Waals surface area contributed by atoms with E-state index in [-0.39, 0.29) is 29.3 Å². The lowest BCUT2D eigenvalue weighted by molar-refractivity contribution is -0.138. The van der Waals surface area contributed by atoms with E-state index >= 15 is 0 Å². The maximum absolute atomic E-state index is 13.3. The van der Waals surface area contributed by atoms with Crippen LogP contribution in [-0.2, 0) is 4.79 Å². The summed E-state index contributed by atoms with van der Waals surface area (Å²) in [7, 11) is 0. The third kappa shape index (κ3) is 3.40. The van der Waals surface area contributed by atoms with Gasteiger partial charge in [-0.05, 0) is 32.4 Å². The van der Waals surface area contributed by atoms with Crippen LogP contribution in [0.25, 0.3) is 11.0 Å². The van der Waals surface area contributed by atoms with Gasteiger partial charge in [0.1, 0.15) is 11.3 Å². The highest BCUT2D eigenvalue weighted by molar-refractivity contribution is 6.32. The molecule has 8 heteroatoms. The van der Waals surface area contributed by atoms with Gasteiger partial charge in [0.25, 0.3) is 11.8 Å². The lowest BCUT2D eigenvalue weighted by Crippen LogP contribution is -2.40. The zero-order valence-electron chi connectivity index (χ0n) is 14.6. The van der Waals surface area contributed by atoms with Crippen molar-refractivity contribution in [1.82, 2.24) is 4.90 Å². The molecule has 1 aliphatic heterocycles. The van der Waals surface area contributed by atoms with Crippen LogP contribution in [0, 0.1) is 13.8 Å². The quantitative estimate of drug-likeness (QED) is 0.756. The highest BCUT2D eigenvalue weighted by atomic mass is 35.5. The van der Waals surface area contributed by atoms with Gasteiger partial charge in [-0.2, -0.15) is 0 Å². The second-order valence-electron chi connectivity index (χ2n) is 6.54. The number of amides is 1. The number of hydrogen-bond donors (Lipinski definition) is 0. The second-order valence-corrected chi connectivity index (χ2v) is 6.95. The molecule has 1 amide bonds. The number of aryl methyl sites for hydroxylation is 1. The van der Waals surface area contributed by atoms with Gasteiger partial charge < -0.3 is 14.1 Å². The van der Waals surface area contributed by atoms with Crippen LogP contribution in [0.1, 0.15) is 24.5 Å². The SMILES string of the molecule is Cc1c(C)c2cc(Cl)c(OC(C)C(=O)N3CCC(F)(F)C3)cc2oc1=O. The molecule has 1 aliphatic rings. The molecule has 26 heavy (non-hydrogen) atoms. The van der Waals surface area contributed by atoms with Gasteiger partial charge in [0, 0.05) is 30.0 Å². The van der Waals surface area contributed by atoms with Crippen molar-refractivity contribution >= 4 is 28.5 Å². The summed E-state index contributed by atoms with van der Waals surface area (Å²) in [6.45, 7) is 4.28. The number of alkyl halides is 2. The Morgan fingerprint density at radius 1 is 1.35 bits per heavy atom. The molecular formula is C18H18ClF2NO4. The van der Waals surface area contributed by atoms with Crippen LogP contribution in [0.4, 0.5) is 8.78 Å². The number of rotatable bonds is 3. The molecular weight excluding hydrogens is 368 g/mol. The van der Waals surface area contributed by atoms with Crippen LogP contribution >= 0.6 is 11.6 Å². The predicted molar refractivity (Wildman–Crippen MR) is 93.2 cm³/mol. The topological polar surface area (TPSA) is 59.8 Å². The average molecular weight is 386 g/mol. The van der Waals surface area contributed by atoms with E-state index in [0.29, 0.717) is 10.9 Å². The van der Waals surface area contributed by atoms with Gasteiger partial charge in [0.05, 0.1) is 11.6 Å².